The molecule has 0 aliphatic carbocycles. The SMILES string of the molecule is CCCNC(=O)[C@@H](CC)N(Cc1ccc(Cl)c(Cl)c1)C(=O)CN(c1ccc(C(C)C)cc1)S(=O)(=O)c1ccc(C)cc1. The molecule has 0 heterocycles. The van der Waals surface area contributed by atoms with Crippen molar-refractivity contribution in [3.05, 3.63) is 93.5 Å². The van der Waals surface area contributed by atoms with Crippen LogP contribution in [-0.4, -0.2) is 44.3 Å². The minimum Gasteiger partial charge on any atom is -0.354 e. The van der Waals surface area contributed by atoms with E-state index in [1.165, 1.54) is 17.0 Å². The van der Waals surface area contributed by atoms with E-state index >= 15 is 0 Å². The molecule has 0 fully saturated rings. The van der Waals surface area contributed by atoms with Gasteiger partial charge in [0.25, 0.3) is 10.0 Å². The Hall–Kier alpha value is -3.07. The molecule has 0 saturated heterocycles. The van der Waals surface area contributed by atoms with Crippen molar-refractivity contribution in [2.75, 3.05) is 17.4 Å². The molecule has 2 amide bonds. The van der Waals surface area contributed by atoms with E-state index < -0.39 is 28.5 Å². The molecule has 3 rings (SSSR count). The summed E-state index contributed by atoms with van der Waals surface area (Å²) in [5, 5.41) is 3.56. The van der Waals surface area contributed by atoms with Crippen molar-refractivity contribution < 1.29 is 18.0 Å². The van der Waals surface area contributed by atoms with E-state index in [0.717, 1.165) is 21.9 Å². The van der Waals surface area contributed by atoms with Crippen molar-refractivity contribution in [2.45, 2.75) is 70.9 Å². The summed E-state index contributed by atoms with van der Waals surface area (Å²) < 4.78 is 29.2. The quantitative estimate of drug-likeness (QED) is 0.221. The Morgan fingerprint density at radius 2 is 1.55 bits per heavy atom. The van der Waals surface area contributed by atoms with E-state index in [4.69, 9.17) is 23.2 Å². The number of hydrogen-bond acceptors (Lipinski definition) is 4. The second-order valence-electron chi connectivity index (χ2n) is 10.6. The molecule has 0 aliphatic rings. The normalized spacial score (nSPS) is 12.2. The second kappa shape index (κ2) is 14.9. The Morgan fingerprint density at radius 3 is 2.10 bits per heavy atom. The van der Waals surface area contributed by atoms with Crippen LogP contribution in [0.2, 0.25) is 10.0 Å². The van der Waals surface area contributed by atoms with Gasteiger partial charge in [-0.1, -0.05) is 86.8 Å². The minimum atomic E-state index is -4.14. The van der Waals surface area contributed by atoms with Gasteiger partial charge in [0.2, 0.25) is 11.8 Å². The van der Waals surface area contributed by atoms with E-state index in [0.29, 0.717) is 34.3 Å². The molecule has 1 N–H and O–H groups in total. The van der Waals surface area contributed by atoms with Gasteiger partial charge in [0.05, 0.1) is 20.6 Å². The summed E-state index contributed by atoms with van der Waals surface area (Å²) in [7, 11) is -4.14. The molecule has 1 atom stereocenters. The molecular weight excluding hydrogens is 593 g/mol. The van der Waals surface area contributed by atoms with E-state index in [-0.39, 0.29) is 23.3 Å². The summed E-state index contributed by atoms with van der Waals surface area (Å²) in [4.78, 5) is 28.9. The number of carbonyl (C=O) groups is 2. The summed E-state index contributed by atoms with van der Waals surface area (Å²) in [6.45, 7) is 9.73. The zero-order valence-corrected chi connectivity index (χ0v) is 27.1. The van der Waals surface area contributed by atoms with Crippen molar-refractivity contribution in [2.24, 2.45) is 0 Å². The average molecular weight is 633 g/mol. The van der Waals surface area contributed by atoms with Gasteiger partial charge in [-0.2, -0.15) is 0 Å². The Bertz CT molecular complexity index is 1480. The van der Waals surface area contributed by atoms with Crippen LogP contribution in [0.4, 0.5) is 5.69 Å². The minimum absolute atomic E-state index is 0.0402. The van der Waals surface area contributed by atoms with Crippen LogP contribution in [0.25, 0.3) is 0 Å². The lowest BCUT2D eigenvalue weighted by molar-refractivity contribution is -0.140. The second-order valence-corrected chi connectivity index (χ2v) is 13.2. The topological polar surface area (TPSA) is 86.8 Å². The number of nitrogens with one attached hydrogen (secondary N) is 1. The lowest BCUT2D eigenvalue weighted by atomic mass is 10.0. The van der Waals surface area contributed by atoms with Crippen molar-refractivity contribution >= 4 is 50.7 Å². The highest BCUT2D eigenvalue weighted by Crippen LogP contribution is 2.28. The molecule has 3 aromatic rings. The number of benzene rings is 3. The molecule has 42 heavy (non-hydrogen) atoms. The van der Waals surface area contributed by atoms with Gasteiger partial charge in [-0.3, -0.25) is 13.9 Å². The molecule has 226 valence electrons. The lowest BCUT2D eigenvalue weighted by Crippen LogP contribution is -2.52. The Kier molecular flexibility index (Phi) is 11.9. The molecule has 0 radical (unpaired) electrons. The van der Waals surface area contributed by atoms with E-state index in [1.54, 1.807) is 42.5 Å². The summed E-state index contributed by atoms with van der Waals surface area (Å²) in [5.41, 5.74) is 2.97. The number of aryl methyl sites for hydroxylation is 1. The molecule has 0 aromatic heterocycles. The number of rotatable bonds is 13. The first-order valence-corrected chi connectivity index (χ1v) is 16.3. The number of halogens is 2. The van der Waals surface area contributed by atoms with Crippen molar-refractivity contribution in [1.29, 1.82) is 0 Å². The molecule has 10 heteroatoms. The standard InChI is InChI=1S/C32H39Cl2N3O4S/c1-6-18-35-32(39)30(7-2)36(20-24-10-17-28(33)29(34)19-24)31(38)21-37(26-13-11-25(12-14-26)22(3)4)42(40,41)27-15-8-23(5)9-16-27/h8-17,19,22,30H,6-7,18,20-21H2,1-5H3,(H,35,39)/t30-/m1/s1. The summed E-state index contributed by atoms with van der Waals surface area (Å²) in [5.74, 6) is -0.582. The van der Waals surface area contributed by atoms with Gasteiger partial charge >= 0.3 is 0 Å². The van der Waals surface area contributed by atoms with Crippen LogP contribution < -0.4 is 9.62 Å². The van der Waals surface area contributed by atoms with Crippen LogP contribution in [0.1, 0.15) is 63.1 Å². The zero-order valence-electron chi connectivity index (χ0n) is 24.7. The molecule has 0 saturated carbocycles. The van der Waals surface area contributed by atoms with Gasteiger partial charge < -0.3 is 10.2 Å². The van der Waals surface area contributed by atoms with E-state index in [9.17, 15) is 18.0 Å². The van der Waals surface area contributed by atoms with Crippen molar-refractivity contribution in [1.82, 2.24) is 10.2 Å². The van der Waals surface area contributed by atoms with Crippen LogP contribution in [0, 0.1) is 6.92 Å². The highest BCUT2D eigenvalue weighted by Gasteiger charge is 2.33. The van der Waals surface area contributed by atoms with Gasteiger partial charge in [0.15, 0.2) is 0 Å². The first-order valence-electron chi connectivity index (χ1n) is 14.1. The fourth-order valence-electron chi connectivity index (χ4n) is 4.51. The summed E-state index contributed by atoms with van der Waals surface area (Å²) in [6, 6.07) is 17.8. The predicted molar refractivity (Wildman–Crippen MR) is 171 cm³/mol. The number of anilines is 1. The molecule has 0 bridgehead atoms. The van der Waals surface area contributed by atoms with Crippen LogP contribution in [0.15, 0.2) is 71.6 Å². The third-order valence-corrected chi connectivity index (χ3v) is 9.53. The smallest absolute Gasteiger partial charge is 0.264 e. The van der Waals surface area contributed by atoms with Crippen LogP contribution in [0.3, 0.4) is 0 Å². The summed E-state index contributed by atoms with van der Waals surface area (Å²) >= 11 is 12.4. The monoisotopic (exact) mass is 631 g/mol. The maximum atomic E-state index is 14.1. The average Bonchev–Trinajstić information content (AvgIpc) is 2.96. The number of amides is 2. The number of carbonyl (C=O) groups excluding carboxylic acids is 2. The molecule has 0 unspecified atom stereocenters. The predicted octanol–water partition coefficient (Wildman–Crippen LogP) is 6.95. The number of sulfonamides is 1. The first kappa shape index (κ1) is 33.4. The van der Waals surface area contributed by atoms with E-state index in [1.807, 2.05) is 32.9 Å². The molecule has 7 nitrogen and oxygen atoms in total. The van der Waals surface area contributed by atoms with Crippen molar-refractivity contribution in [3.63, 3.8) is 0 Å². The van der Waals surface area contributed by atoms with Gasteiger partial charge in [-0.25, -0.2) is 8.42 Å². The Morgan fingerprint density at radius 1 is 0.905 bits per heavy atom. The van der Waals surface area contributed by atoms with Crippen LogP contribution >= 0.6 is 23.2 Å². The molecule has 0 aliphatic heterocycles. The maximum absolute atomic E-state index is 14.1. The first-order chi connectivity index (χ1) is 19.9. The largest absolute Gasteiger partial charge is 0.354 e. The molecular formula is C32H39Cl2N3O4S. The number of nitrogens with zero attached hydrogens (tertiary/aromatic N) is 2. The van der Waals surface area contributed by atoms with Crippen LogP contribution in [0.5, 0.6) is 0 Å². The highest BCUT2D eigenvalue weighted by atomic mass is 35.5. The van der Waals surface area contributed by atoms with Crippen molar-refractivity contribution in [3.8, 4) is 0 Å². The number of hydrogen-bond donors (Lipinski definition) is 1. The van der Waals surface area contributed by atoms with Gasteiger partial charge in [-0.05, 0) is 73.2 Å². The van der Waals surface area contributed by atoms with Crippen LogP contribution in [-0.2, 0) is 26.2 Å². The lowest BCUT2D eigenvalue weighted by Gasteiger charge is -2.33. The highest BCUT2D eigenvalue weighted by molar-refractivity contribution is 7.92. The third kappa shape index (κ3) is 8.27. The Balaban J connectivity index is 2.08. The van der Waals surface area contributed by atoms with Gasteiger partial charge in [0.1, 0.15) is 12.6 Å². The van der Waals surface area contributed by atoms with E-state index in [2.05, 4.69) is 19.2 Å². The Labute approximate surface area is 259 Å². The fraction of sp³-hybridized carbons (Fsp3) is 0.375. The molecule has 0 spiro atoms. The fourth-order valence-corrected chi connectivity index (χ4v) is 6.25. The third-order valence-electron chi connectivity index (χ3n) is 7.01. The molecule has 3 aromatic carbocycles. The summed E-state index contributed by atoms with van der Waals surface area (Å²) in [6.07, 6.45) is 1.06. The van der Waals surface area contributed by atoms with Gasteiger partial charge in [-0.15, -0.1) is 0 Å². The van der Waals surface area contributed by atoms with Gasteiger partial charge in [0, 0.05) is 13.1 Å². The zero-order chi connectivity index (χ0) is 31.0. The maximum Gasteiger partial charge on any atom is 0.264 e.